The summed E-state index contributed by atoms with van der Waals surface area (Å²) in [6.07, 6.45) is -3.06. The molecular formula is C17H36N8O9. The van der Waals surface area contributed by atoms with E-state index in [2.05, 4.69) is 0 Å². The Morgan fingerprint density at radius 2 is 0.971 bits per heavy atom. The van der Waals surface area contributed by atoms with E-state index >= 15 is 0 Å². The van der Waals surface area contributed by atoms with Crippen molar-refractivity contribution in [1.29, 1.82) is 21.6 Å². The van der Waals surface area contributed by atoms with Crippen molar-refractivity contribution in [3.63, 3.8) is 0 Å². The van der Waals surface area contributed by atoms with Gasteiger partial charge in [0.05, 0.1) is 39.6 Å². The second-order valence-corrected chi connectivity index (χ2v) is 6.82. The van der Waals surface area contributed by atoms with Gasteiger partial charge in [-0.2, -0.15) is 0 Å². The summed E-state index contributed by atoms with van der Waals surface area (Å²) in [6.45, 7) is -0.418. The first-order chi connectivity index (χ1) is 16.3. The van der Waals surface area contributed by atoms with Crippen molar-refractivity contribution in [1.82, 2.24) is 21.9 Å². The van der Waals surface area contributed by atoms with Gasteiger partial charge in [-0.1, -0.05) is 0 Å². The summed E-state index contributed by atoms with van der Waals surface area (Å²) >= 11 is 0. The van der Waals surface area contributed by atoms with E-state index in [0.717, 1.165) is 0 Å². The Labute approximate surface area is 196 Å². The highest BCUT2D eigenvalue weighted by atomic mass is 16.6. The van der Waals surface area contributed by atoms with Gasteiger partial charge in [0.2, 0.25) is 0 Å². The first-order valence-electron chi connectivity index (χ1n) is 10.3. The van der Waals surface area contributed by atoms with Crippen LogP contribution in [0.3, 0.4) is 0 Å². The number of hydrogen-bond acceptors (Lipinski definition) is 13. The third kappa shape index (κ3) is 15.4. The van der Waals surface area contributed by atoms with Crippen molar-refractivity contribution in [2.75, 3.05) is 39.6 Å². The average molecular weight is 497 g/mol. The Balaban J connectivity index is 5.17. The van der Waals surface area contributed by atoms with Gasteiger partial charge in [-0.15, -0.1) is 0 Å². The minimum absolute atomic E-state index is 0.00804. The number of amidine groups is 4. The Morgan fingerprint density at radius 1 is 0.588 bits per heavy atom. The SMILES string of the molecule is N=C(CCOCC(O)C(OCCC(=N)NO)C(COCCC(=N)NO)OCCC(=N)NO)NO. The molecule has 0 heterocycles. The number of aliphatic hydroxyl groups is 1. The van der Waals surface area contributed by atoms with E-state index in [4.69, 9.17) is 61.4 Å². The highest BCUT2D eigenvalue weighted by molar-refractivity contribution is 5.78. The maximum atomic E-state index is 10.7. The number of hydrogen-bond donors (Lipinski definition) is 13. The third-order valence-electron chi connectivity index (χ3n) is 4.20. The molecule has 0 aliphatic carbocycles. The van der Waals surface area contributed by atoms with E-state index in [1.54, 1.807) is 21.9 Å². The summed E-state index contributed by atoms with van der Waals surface area (Å²) < 4.78 is 22.2. The summed E-state index contributed by atoms with van der Waals surface area (Å²) in [5, 5.41) is 75.0. The monoisotopic (exact) mass is 496 g/mol. The van der Waals surface area contributed by atoms with Gasteiger partial charge in [-0.3, -0.25) is 64.4 Å². The van der Waals surface area contributed by atoms with E-state index < -0.39 is 18.3 Å². The predicted octanol–water partition coefficient (Wildman–Crippen LogP) is -1.46. The van der Waals surface area contributed by atoms with E-state index in [0.29, 0.717) is 0 Å². The molecule has 0 aliphatic heterocycles. The van der Waals surface area contributed by atoms with E-state index in [1.165, 1.54) is 0 Å². The summed E-state index contributed by atoms with van der Waals surface area (Å²) in [7, 11) is 0. The first kappa shape index (κ1) is 31.5. The van der Waals surface area contributed by atoms with Crippen molar-refractivity contribution >= 4 is 23.3 Å². The van der Waals surface area contributed by atoms with Crippen LogP contribution in [0.2, 0.25) is 0 Å². The molecule has 0 radical (unpaired) electrons. The lowest BCUT2D eigenvalue weighted by atomic mass is 10.1. The van der Waals surface area contributed by atoms with Gasteiger partial charge in [0.25, 0.3) is 0 Å². The van der Waals surface area contributed by atoms with Crippen LogP contribution in [0.15, 0.2) is 0 Å². The molecule has 3 atom stereocenters. The van der Waals surface area contributed by atoms with Crippen molar-refractivity contribution in [3.05, 3.63) is 0 Å². The molecule has 34 heavy (non-hydrogen) atoms. The van der Waals surface area contributed by atoms with Crippen molar-refractivity contribution in [2.45, 2.75) is 44.0 Å². The Morgan fingerprint density at radius 3 is 1.41 bits per heavy atom. The van der Waals surface area contributed by atoms with Crippen LogP contribution in [0, 0.1) is 21.6 Å². The highest BCUT2D eigenvalue weighted by Crippen LogP contribution is 2.13. The molecule has 0 aromatic heterocycles. The maximum Gasteiger partial charge on any atom is 0.120 e. The van der Waals surface area contributed by atoms with Gasteiger partial charge in [-0.25, -0.2) is 0 Å². The largest absolute Gasteiger partial charge is 0.388 e. The molecule has 0 bridgehead atoms. The zero-order chi connectivity index (χ0) is 25.8. The van der Waals surface area contributed by atoms with Crippen LogP contribution in [0.1, 0.15) is 25.7 Å². The molecule has 17 nitrogen and oxygen atoms in total. The molecule has 0 saturated carbocycles. The molecule has 0 saturated heterocycles. The normalized spacial score (nSPS) is 13.4. The lowest BCUT2D eigenvalue weighted by Gasteiger charge is -2.31. The molecule has 0 spiro atoms. The van der Waals surface area contributed by atoms with Crippen LogP contribution >= 0.6 is 0 Å². The second kappa shape index (κ2) is 19.9. The quantitative estimate of drug-likeness (QED) is 0.0397. The zero-order valence-corrected chi connectivity index (χ0v) is 18.7. The molecule has 0 aromatic carbocycles. The minimum Gasteiger partial charge on any atom is -0.388 e. The topological polar surface area (TPSA) is 282 Å². The number of rotatable bonds is 20. The lowest BCUT2D eigenvalue weighted by Crippen LogP contribution is -2.47. The molecule has 0 amide bonds. The fourth-order valence-corrected chi connectivity index (χ4v) is 2.38. The van der Waals surface area contributed by atoms with Crippen LogP contribution in [0.4, 0.5) is 0 Å². The Bertz CT molecular complexity index is 614. The maximum absolute atomic E-state index is 10.7. The van der Waals surface area contributed by atoms with Crippen molar-refractivity contribution < 1.29 is 44.9 Å². The highest BCUT2D eigenvalue weighted by Gasteiger charge is 2.31. The summed E-state index contributed by atoms with van der Waals surface area (Å²) in [5.74, 6) is -0.759. The van der Waals surface area contributed by atoms with Gasteiger partial charge in [0.15, 0.2) is 0 Å². The van der Waals surface area contributed by atoms with Gasteiger partial charge < -0.3 is 24.1 Å². The number of aliphatic hydroxyl groups excluding tert-OH is 1. The molecule has 0 rings (SSSR count). The molecular weight excluding hydrogens is 460 g/mol. The predicted molar refractivity (Wildman–Crippen MR) is 116 cm³/mol. The fraction of sp³-hybridized carbons (Fsp3) is 0.765. The van der Waals surface area contributed by atoms with Gasteiger partial charge in [0, 0.05) is 25.7 Å². The minimum atomic E-state index is -1.26. The van der Waals surface area contributed by atoms with E-state index in [1.807, 2.05) is 0 Å². The molecule has 17 heteroatoms. The van der Waals surface area contributed by atoms with Crippen LogP contribution < -0.4 is 21.9 Å². The molecule has 0 fully saturated rings. The second-order valence-electron chi connectivity index (χ2n) is 6.82. The summed E-state index contributed by atoms with van der Waals surface area (Å²) in [5.41, 5.74) is 6.73. The Hall–Kier alpha value is -2.48. The van der Waals surface area contributed by atoms with Gasteiger partial charge in [0.1, 0.15) is 41.7 Å². The van der Waals surface area contributed by atoms with E-state index in [-0.39, 0.29) is 88.7 Å². The van der Waals surface area contributed by atoms with Crippen molar-refractivity contribution in [3.8, 4) is 0 Å². The standard InChI is InChI=1S/C17H36N8O9/c18-13(22-27)1-5-31-9-11(26)17(34-8-4-16(21)25-30)12(33-7-3-15(20)24-29)10-32-6-2-14(19)23-28/h11-12,17,26-30H,1-10H2,(H2,18,22)(H2,19,23)(H2,20,24)(H2,21,25). The van der Waals surface area contributed by atoms with Crippen LogP contribution in [-0.2, 0) is 18.9 Å². The van der Waals surface area contributed by atoms with Crippen LogP contribution in [0.25, 0.3) is 0 Å². The molecule has 198 valence electrons. The average Bonchev–Trinajstić information content (AvgIpc) is 2.85. The number of ether oxygens (including phenoxy) is 4. The molecule has 0 aliphatic rings. The Kier molecular flexibility index (Phi) is 18.5. The molecule has 3 unspecified atom stereocenters. The number of hydroxylamine groups is 4. The molecule has 0 aromatic rings. The molecule has 13 N–H and O–H groups in total. The summed E-state index contributed by atoms with van der Waals surface area (Å²) in [6, 6.07) is 0. The van der Waals surface area contributed by atoms with Crippen molar-refractivity contribution in [2.24, 2.45) is 0 Å². The fourth-order valence-electron chi connectivity index (χ4n) is 2.38. The summed E-state index contributed by atoms with van der Waals surface area (Å²) in [4.78, 5) is 0. The zero-order valence-electron chi connectivity index (χ0n) is 18.7. The van der Waals surface area contributed by atoms with E-state index in [9.17, 15) is 5.11 Å². The lowest BCUT2D eigenvalue weighted by molar-refractivity contribution is -0.152. The third-order valence-corrected chi connectivity index (χ3v) is 4.20. The van der Waals surface area contributed by atoms with Gasteiger partial charge >= 0.3 is 0 Å². The number of nitrogens with one attached hydrogen (secondary N) is 8. The smallest absolute Gasteiger partial charge is 0.120 e. The van der Waals surface area contributed by atoms with Gasteiger partial charge in [-0.05, 0) is 0 Å². The first-order valence-corrected chi connectivity index (χ1v) is 10.3. The van der Waals surface area contributed by atoms with Crippen LogP contribution in [-0.4, -0.2) is 107 Å². The van der Waals surface area contributed by atoms with Crippen LogP contribution in [0.5, 0.6) is 0 Å².